The number of hydrogen-bond donors (Lipinski definition) is 0. The van der Waals surface area contributed by atoms with Gasteiger partial charge in [-0.15, -0.1) is 0 Å². The van der Waals surface area contributed by atoms with E-state index in [1.807, 2.05) is 4.70 Å². The van der Waals surface area contributed by atoms with Gasteiger partial charge in [0.1, 0.15) is 5.69 Å². The van der Waals surface area contributed by atoms with Gasteiger partial charge in [0.25, 0.3) is 0 Å². The van der Waals surface area contributed by atoms with E-state index in [2.05, 4.69) is 132 Å². The summed E-state index contributed by atoms with van der Waals surface area (Å²) >= 11 is 0. The minimum absolute atomic E-state index is 1.01. The van der Waals surface area contributed by atoms with Crippen LogP contribution in [0.2, 0.25) is 0 Å². The molecule has 0 atom stereocenters. The zero-order valence-corrected chi connectivity index (χ0v) is 30.7. The van der Waals surface area contributed by atoms with Gasteiger partial charge in [0, 0.05) is 6.08 Å². The van der Waals surface area contributed by atoms with Gasteiger partial charge in [0.05, 0.1) is 0 Å². The molecule has 0 aliphatic heterocycles. The van der Waals surface area contributed by atoms with Crippen molar-refractivity contribution < 1.29 is 4.70 Å². The highest BCUT2D eigenvalue weighted by molar-refractivity contribution is 5.87. The van der Waals surface area contributed by atoms with E-state index < -0.39 is 0 Å². The molecule has 0 saturated heterocycles. The summed E-state index contributed by atoms with van der Waals surface area (Å²) in [5.41, 5.74) is 13.3. The second kappa shape index (κ2) is 20.6. The molecule has 0 heterocycles. The molecular formula is C46H61N2+. The molecule has 4 aromatic rings. The molecule has 2 nitrogen and oxygen atoms in total. The third-order valence-corrected chi connectivity index (χ3v) is 9.65. The van der Waals surface area contributed by atoms with Crippen LogP contribution in [0.15, 0.2) is 96.2 Å². The Morgan fingerprint density at radius 1 is 0.562 bits per heavy atom. The predicted octanol–water partition coefficient (Wildman–Crippen LogP) is 14.1. The summed E-state index contributed by atoms with van der Waals surface area (Å²) in [7, 11) is 2.06. The maximum absolute atomic E-state index is 5.15. The van der Waals surface area contributed by atoms with Gasteiger partial charge in [-0.3, -0.25) is 0 Å². The maximum Gasteiger partial charge on any atom is 0.196 e. The fourth-order valence-corrected chi connectivity index (χ4v) is 6.83. The quantitative estimate of drug-likeness (QED) is 0.0518. The van der Waals surface area contributed by atoms with E-state index in [1.54, 1.807) is 0 Å². The van der Waals surface area contributed by atoms with Crippen LogP contribution >= 0.6 is 0 Å². The standard InChI is InChI=1S/C46H61N2/c1-6-9-12-14-15-19-30-43-35-44(36-45(39-25-20-16-21-26-39)46(43)40-27-22-17-23-28-40)47-48(5)32-31-38-33-41(24-11-8-3)37(4)42(34-38)29-18-13-10-7-2/h16-17,20-23,25-28,31-36H,6-15,18-19,24,29-30H2,1-5H3/q+1. The topological polar surface area (TPSA) is 15.4 Å². The Morgan fingerprint density at radius 2 is 1.08 bits per heavy atom. The van der Waals surface area contributed by atoms with Gasteiger partial charge in [0.2, 0.25) is 0 Å². The van der Waals surface area contributed by atoms with E-state index in [4.69, 9.17) is 5.11 Å². The van der Waals surface area contributed by atoms with Gasteiger partial charge in [0.15, 0.2) is 13.2 Å². The summed E-state index contributed by atoms with van der Waals surface area (Å²) in [6.07, 6.45) is 23.2. The normalized spacial score (nSPS) is 11.9. The number of azo groups is 2. The predicted molar refractivity (Wildman–Crippen MR) is 209 cm³/mol. The lowest BCUT2D eigenvalue weighted by atomic mass is 9.88. The van der Waals surface area contributed by atoms with Crippen LogP contribution in [0.4, 0.5) is 5.69 Å². The summed E-state index contributed by atoms with van der Waals surface area (Å²) < 4.78 is 1.99. The number of unbranched alkanes of at least 4 members (excludes halogenated alkanes) is 9. The number of nitrogens with zero attached hydrogens (tertiary/aromatic N) is 2. The van der Waals surface area contributed by atoms with Gasteiger partial charge < -0.3 is 0 Å². The van der Waals surface area contributed by atoms with Crippen molar-refractivity contribution in [1.82, 2.24) is 0 Å². The SMILES string of the molecule is CCCCCCCCc1cc(N=[N+](C)C=Cc2cc(CCCC)c(C)c(CCCCCC)c2)cc(-c2ccccc2)c1-c1ccccc1. The lowest BCUT2D eigenvalue weighted by Crippen LogP contribution is -1.99. The average Bonchev–Trinajstić information content (AvgIpc) is 3.11. The van der Waals surface area contributed by atoms with Crippen LogP contribution in [0.5, 0.6) is 0 Å². The van der Waals surface area contributed by atoms with Crippen molar-refractivity contribution >= 4 is 11.8 Å². The van der Waals surface area contributed by atoms with E-state index in [1.165, 1.54) is 134 Å². The summed E-state index contributed by atoms with van der Waals surface area (Å²) in [5.74, 6) is 0. The highest BCUT2D eigenvalue weighted by Gasteiger charge is 2.16. The lowest BCUT2D eigenvalue weighted by Gasteiger charge is -2.17. The van der Waals surface area contributed by atoms with E-state index in [-0.39, 0.29) is 0 Å². The highest BCUT2D eigenvalue weighted by Crippen LogP contribution is 2.39. The molecule has 0 unspecified atom stereocenters. The molecule has 254 valence electrons. The van der Waals surface area contributed by atoms with Crippen molar-refractivity contribution in [1.29, 1.82) is 0 Å². The third kappa shape index (κ3) is 11.4. The third-order valence-electron chi connectivity index (χ3n) is 9.65. The first-order valence-corrected chi connectivity index (χ1v) is 19.1. The molecule has 0 N–H and O–H groups in total. The van der Waals surface area contributed by atoms with Crippen LogP contribution in [0, 0.1) is 6.92 Å². The van der Waals surface area contributed by atoms with Crippen molar-refractivity contribution in [3.8, 4) is 22.3 Å². The minimum atomic E-state index is 1.01. The first-order valence-electron chi connectivity index (χ1n) is 19.1. The second-order valence-corrected chi connectivity index (χ2v) is 13.6. The second-order valence-electron chi connectivity index (χ2n) is 13.6. The van der Waals surface area contributed by atoms with Crippen molar-refractivity contribution in [3.05, 3.63) is 119 Å². The van der Waals surface area contributed by atoms with Crippen LogP contribution in [0.25, 0.3) is 28.3 Å². The first kappa shape index (κ1) is 37.0. The Hall–Kier alpha value is -3.78. The van der Waals surface area contributed by atoms with E-state index in [0.29, 0.717) is 0 Å². The smallest absolute Gasteiger partial charge is 0.0934 e. The van der Waals surface area contributed by atoms with Gasteiger partial charge in [-0.2, -0.15) is 0 Å². The van der Waals surface area contributed by atoms with Crippen LogP contribution in [-0.4, -0.2) is 11.7 Å². The summed E-state index contributed by atoms with van der Waals surface area (Å²) in [4.78, 5) is 0. The highest BCUT2D eigenvalue weighted by atomic mass is 15.2. The Morgan fingerprint density at radius 3 is 1.71 bits per heavy atom. The van der Waals surface area contributed by atoms with Gasteiger partial charge in [-0.05, 0) is 113 Å². The summed E-state index contributed by atoms with van der Waals surface area (Å²) in [6, 6.07) is 31.3. The van der Waals surface area contributed by atoms with Crippen LogP contribution in [0.1, 0.15) is 126 Å². The zero-order valence-electron chi connectivity index (χ0n) is 30.7. The molecule has 4 aromatic carbocycles. The molecular weight excluding hydrogens is 581 g/mol. The molecule has 0 saturated carbocycles. The van der Waals surface area contributed by atoms with Crippen LogP contribution in [0.3, 0.4) is 0 Å². The molecule has 0 bridgehead atoms. The molecule has 0 aliphatic carbocycles. The van der Waals surface area contributed by atoms with E-state index >= 15 is 0 Å². The number of aryl methyl sites for hydroxylation is 3. The van der Waals surface area contributed by atoms with Gasteiger partial charge in [-0.25, -0.2) is 0 Å². The first-order chi connectivity index (χ1) is 23.5. The van der Waals surface area contributed by atoms with E-state index in [9.17, 15) is 0 Å². The number of hydrogen-bond acceptors (Lipinski definition) is 1. The average molecular weight is 642 g/mol. The monoisotopic (exact) mass is 641 g/mol. The summed E-state index contributed by atoms with van der Waals surface area (Å²) in [6.45, 7) is 9.20. The molecule has 0 amide bonds. The zero-order chi connectivity index (χ0) is 34.0. The van der Waals surface area contributed by atoms with Crippen LogP contribution < -0.4 is 0 Å². The minimum Gasteiger partial charge on any atom is -0.0934 e. The molecule has 2 heteroatoms. The molecule has 0 spiro atoms. The molecule has 48 heavy (non-hydrogen) atoms. The van der Waals surface area contributed by atoms with Gasteiger partial charge in [-0.1, -0.05) is 156 Å². The maximum atomic E-state index is 5.15. The Kier molecular flexibility index (Phi) is 15.9. The molecule has 0 fully saturated rings. The van der Waals surface area contributed by atoms with Gasteiger partial charge >= 0.3 is 0 Å². The number of rotatable bonds is 20. The summed E-state index contributed by atoms with van der Waals surface area (Å²) in [5, 5.41) is 5.15. The molecule has 0 aliphatic rings. The lowest BCUT2D eigenvalue weighted by molar-refractivity contribution is -0.491. The largest absolute Gasteiger partial charge is 0.196 e. The van der Waals surface area contributed by atoms with Crippen molar-refractivity contribution in [2.45, 2.75) is 124 Å². The Labute approximate surface area is 293 Å². The van der Waals surface area contributed by atoms with Crippen molar-refractivity contribution in [2.75, 3.05) is 7.05 Å². The molecule has 0 aromatic heterocycles. The van der Waals surface area contributed by atoms with Crippen LogP contribution in [-0.2, 0) is 19.3 Å². The molecule has 0 radical (unpaired) electrons. The Bertz CT molecular complexity index is 1580. The van der Waals surface area contributed by atoms with Crippen molar-refractivity contribution in [2.24, 2.45) is 5.11 Å². The molecule has 4 rings (SSSR count). The Balaban J connectivity index is 1.69. The van der Waals surface area contributed by atoms with E-state index in [0.717, 1.165) is 18.5 Å². The van der Waals surface area contributed by atoms with Crippen molar-refractivity contribution in [3.63, 3.8) is 0 Å². The number of benzene rings is 4. The fourth-order valence-electron chi connectivity index (χ4n) is 6.83. The fraction of sp³-hybridized carbons (Fsp3) is 0.435.